The van der Waals surface area contributed by atoms with Crippen LogP contribution in [0.3, 0.4) is 0 Å². The smallest absolute Gasteiger partial charge is 0.407 e. The normalized spacial score (nSPS) is 14.7. The van der Waals surface area contributed by atoms with E-state index in [0.717, 1.165) is 55.7 Å². The van der Waals surface area contributed by atoms with E-state index in [0.29, 0.717) is 58.5 Å². The first-order chi connectivity index (χ1) is 23.5. The summed E-state index contributed by atoms with van der Waals surface area (Å²) in [5.74, 6) is -0.0184. The second-order valence-corrected chi connectivity index (χ2v) is 15.6. The summed E-state index contributed by atoms with van der Waals surface area (Å²) in [6.45, 7) is 28.4. The molecule has 1 fully saturated rings. The van der Waals surface area contributed by atoms with Gasteiger partial charge in [-0.15, -0.1) is 0 Å². The van der Waals surface area contributed by atoms with Crippen LogP contribution in [0.1, 0.15) is 106 Å². The van der Waals surface area contributed by atoms with Gasteiger partial charge in [0.15, 0.2) is 0 Å². The zero-order valence-electron chi connectivity index (χ0n) is 32.1. The maximum Gasteiger partial charge on any atom is 0.407 e. The highest BCUT2D eigenvalue weighted by Crippen LogP contribution is 2.27. The number of aliphatic hydroxyl groups excluding tert-OH is 1. The van der Waals surface area contributed by atoms with Crippen LogP contribution in [0.5, 0.6) is 0 Å². The van der Waals surface area contributed by atoms with Gasteiger partial charge in [0.25, 0.3) is 0 Å². The molecule has 1 aliphatic heterocycles. The highest BCUT2D eigenvalue weighted by molar-refractivity contribution is 5.81. The van der Waals surface area contributed by atoms with Crippen LogP contribution in [0.4, 0.5) is 4.79 Å². The number of nitrogens with one attached hydrogen (secondary N) is 4. The van der Waals surface area contributed by atoms with Crippen molar-refractivity contribution in [2.24, 2.45) is 10.8 Å². The van der Waals surface area contributed by atoms with Gasteiger partial charge in [-0.1, -0.05) is 61.3 Å². The maximum absolute atomic E-state index is 12.3. The topological polar surface area (TPSA) is 150 Å². The van der Waals surface area contributed by atoms with Crippen LogP contribution in [0.2, 0.25) is 0 Å². The van der Waals surface area contributed by atoms with Crippen LogP contribution in [-0.4, -0.2) is 99.3 Å². The van der Waals surface area contributed by atoms with Gasteiger partial charge in [0.1, 0.15) is 6.61 Å². The monoisotopic (exact) mass is 708 g/mol. The Labute approximate surface area is 302 Å². The van der Waals surface area contributed by atoms with Crippen LogP contribution >= 0.6 is 0 Å². The molecule has 1 aliphatic rings. The molecule has 0 aromatic carbocycles. The number of amides is 3. The lowest BCUT2D eigenvalue weighted by molar-refractivity contribution is -0.126. The third-order valence-electron chi connectivity index (χ3n) is 7.95. The molecule has 288 valence electrons. The SMILES string of the molecule is C=C(CCOCCCCCNC(=C)CCN1C(=C)CCC1=O)NCCNC(=O)CCNC(=O)OCC(CC(C)(C)C)OC(CO)CC(C)(C)C. The number of hydrogen-bond acceptors (Lipinski definition) is 9. The van der Waals surface area contributed by atoms with Crippen LogP contribution in [-0.2, 0) is 23.8 Å². The largest absolute Gasteiger partial charge is 0.447 e. The van der Waals surface area contributed by atoms with Gasteiger partial charge in [0.05, 0.1) is 25.4 Å². The van der Waals surface area contributed by atoms with Crippen LogP contribution in [0.15, 0.2) is 36.8 Å². The zero-order chi connectivity index (χ0) is 37.6. The minimum absolute atomic E-state index is 0.00899. The number of carbonyl (C=O) groups is 3. The summed E-state index contributed by atoms with van der Waals surface area (Å²) in [7, 11) is 0. The fraction of sp³-hybridized carbons (Fsp3) is 0.763. The molecule has 0 aromatic rings. The summed E-state index contributed by atoms with van der Waals surface area (Å²) in [4.78, 5) is 38.1. The molecule has 3 amide bonds. The number of aliphatic hydroxyl groups is 1. The van der Waals surface area contributed by atoms with Crippen molar-refractivity contribution in [3.05, 3.63) is 36.8 Å². The van der Waals surface area contributed by atoms with Gasteiger partial charge in [-0.05, 0) is 49.4 Å². The highest BCUT2D eigenvalue weighted by Gasteiger charge is 2.27. The number of unbranched alkanes of at least 4 members (excludes halogenated alkanes) is 2. The second-order valence-electron chi connectivity index (χ2n) is 15.6. The third-order valence-corrected chi connectivity index (χ3v) is 7.95. The number of alkyl carbamates (subject to hydrolysis) is 1. The molecule has 1 rings (SSSR count). The second kappa shape index (κ2) is 24.2. The van der Waals surface area contributed by atoms with Crippen molar-refractivity contribution in [2.45, 2.75) is 118 Å². The molecule has 1 saturated heterocycles. The number of rotatable bonds is 27. The molecule has 0 bridgehead atoms. The predicted octanol–water partition coefficient (Wildman–Crippen LogP) is 5.15. The van der Waals surface area contributed by atoms with E-state index in [1.807, 2.05) is 0 Å². The number of carbonyl (C=O) groups excluding carboxylic acids is 3. The van der Waals surface area contributed by atoms with Crippen molar-refractivity contribution in [1.82, 2.24) is 26.2 Å². The van der Waals surface area contributed by atoms with E-state index in [-0.39, 0.29) is 61.0 Å². The molecule has 0 saturated carbocycles. The summed E-state index contributed by atoms with van der Waals surface area (Å²) in [6.07, 6.45) is 5.98. The number of allylic oxidation sites excluding steroid dienone is 1. The predicted molar refractivity (Wildman–Crippen MR) is 199 cm³/mol. The lowest BCUT2D eigenvalue weighted by Gasteiger charge is -2.31. The van der Waals surface area contributed by atoms with E-state index < -0.39 is 6.09 Å². The average Bonchev–Trinajstić information content (AvgIpc) is 3.34. The average molecular weight is 708 g/mol. The van der Waals surface area contributed by atoms with Crippen LogP contribution in [0.25, 0.3) is 0 Å². The Morgan fingerprint density at radius 2 is 1.44 bits per heavy atom. The third kappa shape index (κ3) is 23.3. The fourth-order valence-corrected chi connectivity index (χ4v) is 5.44. The number of hydrogen-bond donors (Lipinski definition) is 5. The Morgan fingerprint density at radius 1 is 0.800 bits per heavy atom. The minimum Gasteiger partial charge on any atom is -0.447 e. The van der Waals surface area contributed by atoms with Crippen molar-refractivity contribution in [2.75, 3.05) is 59.2 Å². The number of nitrogens with zero attached hydrogens (tertiary/aromatic N) is 1. The van der Waals surface area contributed by atoms with E-state index in [9.17, 15) is 19.5 Å². The van der Waals surface area contributed by atoms with Crippen molar-refractivity contribution >= 4 is 17.9 Å². The van der Waals surface area contributed by atoms with E-state index in [1.54, 1.807) is 4.90 Å². The summed E-state index contributed by atoms with van der Waals surface area (Å²) in [5.41, 5.74) is 2.64. The number of ether oxygens (including phenoxy) is 3. The summed E-state index contributed by atoms with van der Waals surface area (Å²) in [6, 6.07) is 0. The molecule has 0 spiro atoms. The van der Waals surface area contributed by atoms with E-state index in [2.05, 4.69) is 82.5 Å². The lowest BCUT2D eigenvalue weighted by atomic mass is 9.88. The summed E-state index contributed by atoms with van der Waals surface area (Å²) in [5, 5.41) is 21.8. The minimum atomic E-state index is -0.605. The first-order valence-electron chi connectivity index (χ1n) is 18.3. The summed E-state index contributed by atoms with van der Waals surface area (Å²) < 4.78 is 17.3. The fourth-order valence-electron chi connectivity index (χ4n) is 5.44. The van der Waals surface area contributed by atoms with Gasteiger partial charge in [0.2, 0.25) is 11.8 Å². The lowest BCUT2D eigenvalue weighted by Crippen LogP contribution is -2.37. The van der Waals surface area contributed by atoms with Gasteiger partial charge in [-0.25, -0.2) is 4.79 Å². The molecule has 2 unspecified atom stereocenters. The van der Waals surface area contributed by atoms with Crippen molar-refractivity contribution in [1.29, 1.82) is 0 Å². The summed E-state index contributed by atoms with van der Waals surface area (Å²) >= 11 is 0. The zero-order valence-corrected chi connectivity index (χ0v) is 32.1. The van der Waals surface area contributed by atoms with Crippen molar-refractivity contribution in [3.8, 4) is 0 Å². The molecule has 5 N–H and O–H groups in total. The molecule has 12 heteroatoms. The molecule has 1 heterocycles. The van der Waals surface area contributed by atoms with Crippen molar-refractivity contribution < 1.29 is 33.7 Å². The van der Waals surface area contributed by atoms with Gasteiger partial charge < -0.3 is 45.5 Å². The van der Waals surface area contributed by atoms with Crippen LogP contribution < -0.4 is 21.3 Å². The molecule has 0 aliphatic carbocycles. The molecule has 2 atom stereocenters. The Morgan fingerprint density at radius 3 is 2.08 bits per heavy atom. The molecule has 50 heavy (non-hydrogen) atoms. The molecule has 0 radical (unpaired) electrons. The molecule has 12 nitrogen and oxygen atoms in total. The van der Waals surface area contributed by atoms with Gasteiger partial charge in [0, 0.05) is 82.1 Å². The molecule has 0 aromatic heterocycles. The maximum atomic E-state index is 12.3. The van der Waals surface area contributed by atoms with Gasteiger partial charge >= 0.3 is 6.09 Å². The van der Waals surface area contributed by atoms with Gasteiger partial charge in [-0.3, -0.25) is 9.59 Å². The van der Waals surface area contributed by atoms with Crippen molar-refractivity contribution in [3.63, 3.8) is 0 Å². The number of likely N-dealkylation sites (tertiary alicyclic amines) is 1. The van der Waals surface area contributed by atoms with Crippen LogP contribution in [0, 0.1) is 10.8 Å². The Kier molecular flexibility index (Phi) is 21.7. The highest BCUT2D eigenvalue weighted by atomic mass is 16.6. The van der Waals surface area contributed by atoms with E-state index in [4.69, 9.17) is 14.2 Å². The Hall–Kier alpha value is -3.09. The first kappa shape index (κ1) is 44.9. The first-order valence-corrected chi connectivity index (χ1v) is 18.3. The van der Waals surface area contributed by atoms with E-state index >= 15 is 0 Å². The Balaban J connectivity index is 2.05. The molecular weight excluding hydrogens is 638 g/mol. The van der Waals surface area contributed by atoms with Gasteiger partial charge in [-0.2, -0.15) is 0 Å². The van der Waals surface area contributed by atoms with E-state index in [1.165, 1.54) is 0 Å². The quantitative estimate of drug-likeness (QED) is 0.0731. The Bertz CT molecular complexity index is 1050. The molecular formula is C38H69N5O7. The standard InChI is InChI=1S/C38H69N5O7/c1-29(16-22-43-31(3)13-14-35(43)46)39-18-11-10-12-23-48-24-17-30(2)40-20-21-41-34(45)15-19-42-36(47)49-28-33(26-38(7,8)9)50-32(27-44)25-37(4,5)6/h32-33,39-40,44H,1-3,10-28H2,4-9H3,(H,41,45)(H,42,47).